The van der Waals surface area contributed by atoms with Gasteiger partial charge < -0.3 is 14.6 Å². The summed E-state index contributed by atoms with van der Waals surface area (Å²) >= 11 is 6.12. The number of aryl methyl sites for hydroxylation is 1. The van der Waals surface area contributed by atoms with Crippen molar-refractivity contribution < 1.29 is 4.74 Å². The molecular weight excluding hydrogens is 274 g/mol. The monoisotopic (exact) mass is 293 g/mol. The summed E-state index contributed by atoms with van der Waals surface area (Å²) in [6.45, 7) is 7.59. The third-order valence-corrected chi connectivity index (χ3v) is 4.17. The molecule has 0 bridgehead atoms. The summed E-state index contributed by atoms with van der Waals surface area (Å²) < 4.78 is 7.91. The Morgan fingerprint density at radius 3 is 3.00 bits per heavy atom. The Labute approximate surface area is 124 Å². The van der Waals surface area contributed by atoms with Crippen LogP contribution in [0.1, 0.15) is 25.6 Å². The van der Waals surface area contributed by atoms with E-state index >= 15 is 0 Å². The Morgan fingerprint density at radius 2 is 2.25 bits per heavy atom. The largest absolute Gasteiger partial charge is 0.379 e. The van der Waals surface area contributed by atoms with Crippen LogP contribution in [-0.4, -0.2) is 35.4 Å². The molecule has 0 spiro atoms. The number of imidazole rings is 1. The molecule has 1 aromatic heterocycles. The maximum absolute atomic E-state index is 6.12. The zero-order valence-electron chi connectivity index (χ0n) is 11.9. The first-order valence-corrected chi connectivity index (χ1v) is 7.59. The average molecular weight is 294 g/mol. The molecule has 1 fully saturated rings. The summed E-state index contributed by atoms with van der Waals surface area (Å²) in [5.74, 6) is 1.41. The van der Waals surface area contributed by atoms with Crippen LogP contribution in [-0.2, 0) is 11.3 Å². The van der Waals surface area contributed by atoms with Crippen LogP contribution in [0.3, 0.4) is 0 Å². The van der Waals surface area contributed by atoms with Crippen molar-refractivity contribution in [1.82, 2.24) is 14.9 Å². The first-order chi connectivity index (χ1) is 9.74. The molecule has 2 unspecified atom stereocenters. The number of ether oxygens (including phenoxy) is 1. The fourth-order valence-electron chi connectivity index (χ4n) is 3.00. The van der Waals surface area contributed by atoms with Crippen LogP contribution in [0, 0.1) is 0 Å². The van der Waals surface area contributed by atoms with Crippen LogP contribution in [0.2, 0.25) is 5.02 Å². The lowest BCUT2D eigenvalue weighted by atomic mass is 10.0. The summed E-state index contributed by atoms with van der Waals surface area (Å²) in [7, 11) is 0. The number of benzene rings is 1. The third-order valence-electron chi connectivity index (χ3n) is 3.93. The lowest BCUT2D eigenvalue weighted by Crippen LogP contribution is -2.35. The number of hydrogen-bond donors (Lipinski definition) is 1. The Balaban J connectivity index is 2.06. The van der Waals surface area contributed by atoms with E-state index in [2.05, 4.69) is 23.7 Å². The van der Waals surface area contributed by atoms with Gasteiger partial charge in [0.25, 0.3) is 0 Å². The van der Waals surface area contributed by atoms with Crippen LogP contribution in [0.5, 0.6) is 0 Å². The van der Waals surface area contributed by atoms with E-state index in [9.17, 15) is 0 Å². The average Bonchev–Trinajstić information content (AvgIpc) is 3.02. The molecule has 4 nitrogen and oxygen atoms in total. The van der Waals surface area contributed by atoms with E-state index < -0.39 is 0 Å². The van der Waals surface area contributed by atoms with E-state index in [-0.39, 0.29) is 0 Å². The molecule has 0 radical (unpaired) electrons. The highest BCUT2D eigenvalue weighted by Gasteiger charge is 2.32. The number of nitrogens with one attached hydrogen (secondary N) is 1. The van der Waals surface area contributed by atoms with E-state index in [4.69, 9.17) is 21.3 Å². The summed E-state index contributed by atoms with van der Waals surface area (Å²) in [6.07, 6.45) is 0. The van der Waals surface area contributed by atoms with Gasteiger partial charge in [0.2, 0.25) is 0 Å². The van der Waals surface area contributed by atoms with Crippen LogP contribution >= 0.6 is 11.6 Å². The van der Waals surface area contributed by atoms with Gasteiger partial charge in [-0.15, -0.1) is 0 Å². The Hall–Kier alpha value is -1.10. The van der Waals surface area contributed by atoms with Gasteiger partial charge in [-0.3, -0.25) is 0 Å². The quantitative estimate of drug-likeness (QED) is 0.942. The standard InChI is InChI=1S/C15H20ClN3O/c1-3-17-13-9-20-8-11(13)15-18-12-6-5-10(16)7-14(12)19(15)4-2/h5-7,11,13,17H,3-4,8-9H2,1-2H3. The van der Waals surface area contributed by atoms with Crippen LogP contribution in [0.25, 0.3) is 11.0 Å². The Bertz CT molecular complexity index is 610. The van der Waals surface area contributed by atoms with Crippen LogP contribution in [0.4, 0.5) is 0 Å². The van der Waals surface area contributed by atoms with E-state index in [0.717, 1.165) is 48.2 Å². The first-order valence-electron chi connectivity index (χ1n) is 7.21. The molecule has 5 heteroatoms. The van der Waals surface area contributed by atoms with Gasteiger partial charge in [0, 0.05) is 17.6 Å². The minimum absolute atomic E-state index is 0.307. The Morgan fingerprint density at radius 1 is 1.40 bits per heavy atom. The second kappa shape index (κ2) is 5.72. The molecule has 0 saturated carbocycles. The molecule has 2 aromatic rings. The van der Waals surface area contributed by atoms with Crippen molar-refractivity contribution in [3.8, 4) is 0 Å². The molecule has 2 atom stereocenters. The van der Waals surface area contributed by atoms with Crippen molar-refractivity contribution in [3.05, 3.63) is 29.0 Å². The third kappa shape index (κ3) is 2.32. The van der Waals surface area contributed by atoms with Gasteiger partial charge in [-0.05, 0) is 31.7 Å². The predicted molar refractivity (Wildman–Crippen MR) is 81.4 cm³/mol. The van der Waals surface area contributed by atoms with E-state index in [1.165, 1.54) is 0 Å². The zero-order chi connectivity index (χ0) is 14.1. The van der Waals surface area contributed by atoms with Crippen LogP contribution < -0.4 is 5.32 Å². The molecule has 1 aliphatic heterocycles. The van der Waals surface area contributed by atoms with Gasteiger partial charge in [-0.2, -0.15) is 0 Å². The molecule has 0 aliphatic carbocycles. The van der Waals surface area contributed by atoms with Crippen molar-refractivity contribution in [2.45, 2.75) is 32.4 Å². The molecule has 2 heterocycles. The number of aromatic nitrogens is 2. The maximum Gasteiger partial charge on any atom is 0.116 e. The smallest absolute Gasteiger partial charge is 0.116 e. The lowest BCUT2D eigenvalue weighted by Gasteiger charge is -2.18. The highest BCUT2D eigenvalue weighted by Crippen LogP contribution is 2.29. The number of rotatable bonds is 4. The molecule has 20 heavy (non-hydrogen) atoms. The maximum atomic E-state index is 6.12. The molecule has 1 saturated heterocycles. The van der Waals surface area contributed by atoms with Crippen molar-refractivity contribution in [3.63, 3.8) is 0 Å². The molecule has 1 aliphatic rings. The number of halogens is 1. The van der Waals surface area contributed by atoms with Crippen molar-refractivity contribution in [2.75, 3.05) is 19.8 Å². The fraction of sp³-hybridized carbons (Fsp3) is 0.533. The van der Waals surface area contributed by atoms with E-state index in [1.54, 1.807) is 0 Å². The predicted octanol–water partition coefficient (Wildman–Crippen LogP) is 2.80. The number of nitrogens with zero attached hydrogens (tertiary/aromatic N) is 2. The van der Waals surface area contributed by atoms with Gasteiger partial charge in [0.05, 0.1) is 30.2 Å². The second-order valence-electron chi connectivity index (χ2n) is 5.16. The summed E-state index contributed by atoms with van der Waals surface area (Å²) in [6, 6.07) is 6.23. The van der Waals surface area contributed by atoms with Crippen molar-refractivity contribution in [2.24, 2.45) is 0 Å². The minimum Gasteiger partial charge on any atom is -0.379 e. The number of likely N-dealkylation sites (N-methyl/N-ethyl adjacent to an activating group) is 1. The van der Waals surface area contributed by atoms with Gasteiger partial charge in [0.1, 0.15) is 5.82 Å². The van der Waals surface area contributed by atoms with Gasteiger partial charge in [-0.1, -0.05) is 18.5 Å². The van der Waals surface area contributed by atoms with E-state index in [1.807, 2.05) is 18.2 Å². The SMILES string of the molecule is CCNC1COCC1c1nc2ccc(Cl)cc2n1CC. The van der Waals surface area contributed by atoms with Crippen molar-refractivity contribution in [1.29, 1.82) is 0 Å². The molecule has 0 amide bonds. The van der Waals surface area contributed by atoms with Gasteiger partial charge in [-0.25, -0.2) is 4.98 Å². The summed E-state index contributed by atoms with van der Waals surface area (Å²) in [5.41, 5.74) is 2.12. The molecule has 108 valence electrons. The molecular formula is C15H20ClN3O. The highest BCUT2D eigenvalue weighted by molar-refractivity contribution is 6.31. The van der Waals surface area contributed by atoms with Crippen LogP contribution in [0.15, 0.2) is 18.2 Å². The minimum atomic E-state index is 0.307. The topological polar surface area (TPSA) is 39.1 Å². The number of hydrogen-bond acceptors (Lipinski definition) is 3. The van der Waals surface area contributed by atoms with Gasteiger partial charge in [0.15, 0.2) is 0 Å². The normalized spacial score (nSPS) is 22.8. The summed E-state index contributed by atoms with van der Waals surface area (Å²) in [4.78, 5) is 4.82. The molecule has 3 rings (SSSR count). The van der Waals surface area contributed by atoms with Gasteiger partial charge >= 0.3 is 0 Å². The zero-order valence-corrected chi connectivity index (χ0v) is 12.7. The lowest BCUT2D eigenvalue weighted by molar-refractivity contribution is 0.187. The van der Waals surface area contributed by atoms with E-state index in [0.29, 0.717) is 12.0 Å². The van der Waals surface area contributed by atoms with Crippen molar-refractivity contribution >= 4 is 22.6 Å². The molecule has 1 N–H and O–H groups in total. The second-order valence-corrected chi connectivity index (χ2v) is 5.59. The summed E-state index contributed by atoms with van der Waals surface area (Å²) in [5, 5.41) is 4.25. The first kappa shape index (κ1) is 13.9. The number of fused-ring (bicyclic) bond motifs is 1. The fourth-order valence-corrected chi connectivity index (χ4v) is 3.17. The molecule has 1 aromatic carbocycles. The Kier molecular flexibility index (Phi) is 3.96. The highest BCUT2D eigenvalue weighted by atomic mass is 35.5.